The Balaban J connectivity index is 2.17. The number of anilines is 2. The van der Waals surface area contributed by atoms with Crippen molar-refractivity contribution in [1.82, 2.24) is 10.2 Å². The zero-order chi connectivity index (χ0) is 12.5. The first kappa shape index (κ1) is 11.2. The van der Waals surface area contributed by atoms with E-state index in [1.807, 2.05) is 0 Å². The van der Waals surface area contributed by atoms with E-state index < -0.39 is 18.1 Å². The summed E-state index contributed by atoms with van der Waals surface area (Å²) in [7, 11) is 0. The average molecular weight is 245 g/mol. The molecule has 0 amide bonds. The highest BCUT2D eigenvalue weighted by molar-refractivity contribution is 5.54. The van der Waals surface area contributed by atoms with Gasteiger partial charge in [0.2, 0.25) is 0 Å². The van der Waals surface area contributed by atoms with Gasteiger partial charge in [-0.2, -0.15) is 13.2 Å². The molecular formula is C9H6F3N3O2. The van der Waals surface area contributed by atoms with Crippen LogP contribution in [0, 0.1) is 0 Å². The molecule has 0 saturated carbocycles. The SMILES string of the molecule is Oc1cccc(Nc2nnc(C(F)(F)F)o2)c1. The Bertz CT molecular complexity index is 524. The number of hydrogen-bond acceptors (Lipinski definition) is 5. The zero-order valence-electron chi connectivity index (χ0n) is 8.19. The highest BCUT2D eigenvalue weighted by Crippen LogP contribution is 2.29. The summed E-state index contributed by atoms with van der Waals surface area (Å²) in [5.41, 5.74) is 0.336. The van der Waals surface area contributed by atoms with Crippen LogP contribution in [0.1, 0.15) is 5.89 Å². The molecule has 0 atom stereocenters. The molecule has 5 nitrogen and oxygen atoms in total. The molecule has 8 heteroatoms. The van der Waals surface area contributed by atoms with Crippen LogP contribution < -0.4 is 5.32 Å². The number of hydrogen-bond donors (Lipinski definition) is 2. The van der Waals surface area contributed by atoms with Crippen LogP contribution in [-0.2, 0) is 6.18 Å². The zero-order valence-corrected chi connectivity index (χ0v) is 8.19. The lowest BCUT2D eigenvalue weighted by Gasteiger charge is -2.01. The molecule has 0 aliphatic rings. The molecule has 2 aromatic rings. The molecule has 0 spiro atoms. The summed E-state index contributed by atoms with van der Waals surface area (Å²) in [5.74, 6) is -1.47. The van der Waals surface area contributed by atoms with Crippen LogP contribution >= 0.6 is 0 Å². The highest BCUT2D eigenvalue weighted by Gasteiger charge is 2.38. The third-order valence-corrected chi connectivity index (χ3v) is 1.76. The second-order valence-corrected chi connectivity index (χ2v) is 3.09. The third-order valence-electron chi connectivity index (χ3n) is 1.76. The number of benzene rings is 1. The lowest BCUT2D eigenvalue weighted by Crippen LogP contribution is -2.04. The van der Waals surface area contributed by atoms with Gasteiger partial charge >= 0.3 is 18.1 Å². The van der Waals surface area contributed by atoms with Gasteiger partial charge in [0.15, 0.2) is 0 Å². The number of rotatable bonds is 2. The van der Waals surface area contributed by atoms with E-state index in [9.17, 15) is 13.2 Å². The highest BCUT2D eigenvalue weighted by atomic mass is 19.4. The predicted molar refractivity (Wildman–Crippen MR) is 50.7 cm³/mol. The van der Waals surface area contributed by atoms with Gasteiger partial charge in [-0.05, 0) is 12.1 Å². The molecule has 0 radical (unpaired) electrons. The van der Waals surface area contributed by atoms with E-state index in [0.717, 1.165) is 0 Å². The Labute approximate surface area is 92.9 Å². The van der Waals surface area contributed by atoms with E-state index in [1.165, 1.54) is 24.3 Å². The topological polar surface area (TPSA) is 71.2 Å². The number of nitrogens with one attached hydrogen (secondary N) is 1. The van der Waals surface area contributed by atoms with Crippen molar-refractivity contribution < 1.29 is 22.7 Å². The van der Waals surface area contributed by atoms with Crippen molar-refractivity contribution in [1.29, 1.82) is 0 Å². The molecule has 0 saturated heterocycles. The Morgan fingerprint density at radius 3 is 2.59 bits per heavy atom. The van der Waals surface area contributed by atoms with Crippen molar-refractivity contribution in [3.05, 3.63) is 30.2 Å². The molecule has 0 aliphatic carbocycles. The number of alkyl halides is 3. The summed E-state index contributed by atoms with van der Waals surface area (Å²) in [4.78, 5) is 0. The van der Waals surface area contributed by atoms with Crippen LogP contribution in [0.4, 0.5) is 24.9 Å². The van der Waals surface area contributed by atoms with Gasteiger partial charge in [0.25, 0.3) is 0 Å². The molecule has 2 N–H and O–H groups in total. The first-order valence-electron chi connectivity index (χ1n) is 4.42. The van der Waals surface area contributed by atoms with E-state index in [1.54, 1.807) is 0 Å². The molecule has 0 bridgehead atoms. The third kappa shape index (κ3) is 2.65. The van der Waals surface area contributed by atoms with Crippen molar-refractivity contribution >= 4 is 11.7 Å². The minimum Gasteiger partial charge on any atom is -0.508 e. The minimum absolute atomic E-state index is 0.0365. The molecule has 1 aromatic carbocycles. The quantitative estimate of drug-likeness (QED) is 0.850. The van der Waals surface area contributed by atoms with E-state index in [0.29, 0.717) is 5.69 Å². The second kappa shape index (κ2) is 3.96. The van der Waals surface area contributed by atoms with Crippen molar-refractivity contribution in [2.75, 3.05) is 5.32 Å². The maximum absolute atomic E-state index is 12.1. The Kier molecular flexibility index (Phi) is 2.62. The van der Waals surface area contributed by atoms with Gasteiger partial charge in [-0.15, -0.1) is 5.10 Å². The predicted octanol–water partition coefficient (Wildman–Crippen LogP) is 2.54. The van der Waals surface area contributed by atoms with E-state index >= 15 is 0 Å². The molecule has 0 fully saturated rings. The van der Waals surface area contributed by atoms with Gasteiger partial charge in [-0.3, -0.25) is 0 Å². The number of aromatic nitrogens is 2. The van der Waals surface area contributed by atoms with E-state index in [2.05, 4.69) is 19.9 Å². The van der Waals surface area contributed by atoms with Crippen molar-refractivity contribution in [3.63, 3.8) is 0 Å². The lowest BCUT2D eigenvalue weighted by atomic mass is 10.3. The Morgan fingerprint density at radius 2 is 2.00 bits per heavy atom. The van der Waals surface area contributed by atoms with Crippen molar-refractivity contribution in [2.45, 2.75) is 6.18 Å². The molecule has 1 heterocycles. The number of nitrogens with zero attached hydrogens (tertiary/aromatic N) is 2. The normalized spacial score (nSPS) is 11.5. The molecule has 0 unspecified atom stereocenters. The molecule has 0 aliphatic heterocycles. The number of aromatic hydroxyl groups is 1. The number of phenols is 1. The van der Waals surface area contributed by atoms with Crippen LogP contribution in [-0.4, -0.2) is 15.3 Å². The minimum atomic E-state index is -4.67. The summed E-state index contributed by atoms with van der Waals surface area (Å²) < 4.78 is 40.8. The van der Waals surface area contributed by atoms with Crippen LogP contribution in [0.3, 0.4) is 0 Å². The van der Waals surface area contributed by atoms with Crippen molar-refractivity contribution in [2.24, 2.45) is 0 Å². The summed E-state index contributed by atoms with van der Waals surface area (Å²) in [5, 5.41) is 17.6. The second-order valence-electron chi connectivity index (χ2n) is 3.09. The van der Waals surface area contributed by atoms with E-state index in [-0.39, 0.29) is 5.75 Å². The van der Waals surface area contributed by atoms with Crippen LogP contribution in [0.25, 0.3) is 0 Å². The fourth-order valence-electron chi connectivity index (χ4n) is 1.10. The largest absolute Gasteiger partial charge is 0.508 e. The van der Waals surface area contributed by atoms with E-state index in [4.69, 9.17) is 5.11 Å². The molecule has 90 valence electrons. The summed E-state index contributed by atoms with van der Waals surface area (Å²) >= 11 is 0. The smallest absolute Gasteiger partial charge is 0.470 e. The van der Waals surface area contributed by atoms with Gasteiger partial charge in [0, 0.05) is 11.8 Å². The molecule has 17 heavy (non-hydrogen) atoms. The van der Waals surface area contributed by atoms with Crippen LogP contribution in [0.2, 0.25) is 0 Å². The Morgan fingerprint density at radius 1 is 1.24 bits per heavy atom. The number of phenolic OH excluding ortho intramolecular Hbond substituents is 1. The summed E-state index contributed by atoms with van der Waals surface area (Å²) in [6.07, 6.45) is -4.67. The molecular weight excluding hydrogens is 239 g/mol. The molecule has 1 aromatic heterocycles. The van der Waals surface area contributed by atoms with Crippen LogP contribution in [0.5, 0.6) is 5.75 Å². The van der Waals surface area contributed by atoms with Gasteiger partial charge in [0.1, 0.15) is 5.75 Å². The maximum atomic E-state index is 12.1. The standard InChI is InChI=1S/C9H6F3N3O2/c10-9(11,12)7-14-15-8(17-7)13-5-2-1-3-6(16)4-5/h1-4,16H,(H,13,15). The first-order chi connectivity index (χ1) is 7.95. The first-order valence-corrected chi connectivity index (χ1v) is 4.42. The molecule has 2 rings (SSSR count). The summed E-state index contributed by atoms with van der Waals surface area (Å²) in [6.45, 7) is 0. The van der Waals surface area contributed by atoms with Gasteiger partial charge < -0.3 is 14.8 Å². The maximum Gasteiger partial charge on any atom is 0.470 e. The van der Waals surface area contributed by atoms with Crippen molar-refractivity contribution in [3.8, 4) is 5.75 Å². The van der Waals surface area contributed by atoms with Gasteiger partial charge in [-0.1, -0.05) is 11.2 Å². The average Bonchev–Trinajstić information content (AvgIpc) is 2.65. The Hall–Kier alpha value is -2.25. The van der Waals surface area contributed by atoms with Gasteiger partial charge in [0.05, 0.1) is 0 Å². The fraction of sp³-hybridized carbons (Fsp3) is 0.111. The van der Waals surface area contributed by atoms with Crippen LogP contribution in [0.15, 0.2) is 28.7 Å². The lowest BCUT2D eigenvalue weighted by molar-refractivity contribution is -0.156. The monoisotopic (exact) mass is 245 g/mol. The summed E-state index contributed by atoms with van der Waals surface area (Å²) in [6, 6.07) is 5.36. The van der Waals surface area contributed by atoms with Gasteiger partial charge in [-0.25, -0.2) is 0 Å². The fourth-order valence-corrected chi connectivity index (χ4v) is 1.10. The number of halogens is 3.